The summed E-state index contributed by atoms with van der Waals surface area (Å²) in [5.74, 6) is 4.40. The highest BCUT2D eigenvalue weighted by molar-refractivity contribution is 5.94. The molecule has 8 heteroatoms. The molecular weight excluding hydrogens is 421 g/mol. The number of nitrogens with two attached hydrogens (primary N) is 1. The average molecular weight is 456 g/mol. The monoisotopic (exact) mass is 455 g/mol. The first kappa shape index (κ1) is 26.2. The summed E-state index contributed by atoms with van der Waals surface area (Å²) < 4.78 is 14.4. The molecule has 0 heterocycles. The maximum atomic E-state index is 14.4. The third kappa shape index (κ3) is 6.94. The molecule has 0 spiro atoms. The number of benzene rings is 2. The Bertz CT molecular complexity index is 967. The van der Waals surface area contributed by atoms with Crippen LogP contribution in [0.4, 0.5) is 4.39 Å². The number of carbonyl (C=O) groups excluding carboxylic acids is 2. The first-order chi connectivity index (χ1) is 15.6. The molecular formula is C25H34FN5O2. The summed E-state index contributed by atoms with van der Waals surface area (Å²) >= 11 is 0. The Labute approximate surface area is 195 Å². The highest BCUT2D eigenvalue weighted by Crippen LogP contribution is 2.22. The van der Waals surface area contributed by atoms with Crippen molar-refractivity contribution in [3.8, 4) is 0 Å². The standard InChI is InChI=1S/C25H34FN5O2/c1-5-22(19-9-7-6-8-10-19)29-24(33)20-11-18(12-21(26)13-20)15-31(16-27)23(32)14-25(4,30-28)17(2)3/h6-13,16-17,22,27,30H,5,14-15,28H2,1-4H3,(H,29,33). The number of carbonyl (C=O) groups is 2. The van der Waals surface area contributed by atoms with Gasteiger partial charge in [0, 0.05) is 17.5 Å². The van der Waals surface area contributed by atoms with Crippen LogP contribution in [0.15, 0.2) is 48.5 Å². The van der Waals surface area contributed by atoms with Crippen LogP contribution in [0.3, 0.4) is 0 Å². The molecule has 2 aromatic rings. The normalized spacial score (nSPS) is 13.8. The number of amides is 2. The fourth-order valence-electron chi connectivity index (χ4n) is 3.46. The lowest BCUT2D eigenvalue weighted by molar-refractivity contribution is -0.129. The van der Waals surface area contributed by atoms with E-state index in [2.05, 4.69) is 10.7 Å². The third-order valence-corrected chi connectivity index (χ3v) is 6.09. The number of halogens is 1. The summed E-state index contributed by atoms with van der Waals surface area (Å²) in [5.41, 5.74) is 3.57. The Morgan fingerprint density at radius 2 is 1.88 bits per heavy atom. The summed E-state index contributed by atoms with van der Waals surface area (Å²) in [6.45, 7) is 7.65. The van der Waals surface area contributed by atoms with Gasteiger partial charge < -0.3 is 5.32 Å². The molecule has 2 aromatic carbocycles. The molecule has 0 fully saturated rings. The van der Waals surface area contributed by atoms with E-state index in [1.54, 1.807) is 6.07 Å². The van der Waals surface area contributed by atoms with Crippen molar-refractivity contribution in [2.45, 2.75) is 58.7 Å². The predicted octanol–water partition coefficient (Wildman–Crippen LogP) is 3.91. The van der Waals surface area contributed by atoms with E-state index in [1.807, 2.05) is 58.0 Å². The first-order valence-electron chi connectivity index (χ1n) is 11.1. The minimum atomic E-state index is -0.655. The number of nitrogens with one attached hydrogen (secondary N) is 3. The van der Waals surface area contributed by atoms with Gasteiger partial charge in [-0.1, -0.05) is 51.1 Å². The molecule has 0 aliphatic heterocycles. The van der Waals surface area contributed by atoms with Crippen LogP contribution >= 0.6 is 0 Å². The molecule has 2 amide bonds. The van der Waals surface area contributed by atoms with Crippen LogP contribution in [-0.4, -0.2) is 28.6 Å². The molecule has 0 aliphatic rings. The topological polar surface area (TPSA) is 111 Å². The molecule has 178 valence electrons. The minimum Gasteiger partial charge on any atom is -0.345 e. The maximum absolute atomic E-state index is 14.4. The molecule has 0 bridgehead atoms. The van der Waals surface area contributed by atoms with Crippen LogP contribution in [0, 0.1) is 17.1 Å². The van der Waals surface area contributed by atoms with E-state index in [9.17, 15) is 14.0 Å². The van der Waals surface area contributed by atoms with Gasteiger partial charge in [0.05, 0.1) is 18.9 Å². The van der Waals surface area contributed by atoms with Gasteiger partial charge in [-0.2, -0.15) is 0 Å². The fraction of sp³-hybridized carbons (Fsp3) is 0.400. The van der Waals surface area contributed by atoms with Crippen molar-refractivity contribution in [3.05, 3.63) is 71.0 Å². The van der Waals surface area contributed by atoms with E-state index >= 15 is 0 Å². The van der Waals surface area contributed by atoms with Crippen molar-refractivity contribution in [1.29, 1.82) is 5.41 Å². The summed E-state index contributed by atoms with van der Waals surface area (Å²) in [6.07, 6.45) is 1.65. The summed E-state index contributed by atoms with van der Waals surface area (Å²) in [4.78, 5) is 26.9. The second-order valence-electron chi connectivity index (χ2n) is 8.74. The van der Waals surface area contributed by atoms with Gasteiger partial charge in [0.1, 0.15) is 5.82 Å². The Morgan fingerprint density at radius 1 is 1.21 bits per heavy atom. The summed E-state index contributed by atoms with van der Waals surface area (Å²) in [5, 5.41) is 10.6. The third-order valence-electron chi connectivity index (χ3n) is 6.09. The highest BCUT2D eigenvalue weighted by atomic mass is 19.1. The van der Waals surface area contributed by atoms with Gasteiger partial charge in [0.15, 0.2) is 0 Å². The van der Waals surface area contributed by atoms with Gasteiger partial charge >= 0.3 is 0 Å². The number of rotatable bonds is 11. The van der Waals surface area contributed by atoms with Crippen LogP contribution in [0.1, 0.15) is 68.1 Å². The largest absolute Gasteiger partial charge is 0.345 e. The molecule has 33 heavy (non-hydrogen) atoms. The zero-order valence-corrected chi connectivity index (χ0v) is 19.7. The predicted molar refractivity (Wildman–Crippen MR) is 128 cm³/mol. The van der Waals surface area contributed by atoms with Crippen molar-refractivity contribution >= 4 is 18.2 Å². The number of hydrazine groups is 1. The Kier molecular flexibility index (Phi) is 9.25. The maximum Gasteiger partial charge on any atom is 0.251 e. The highest BCUT2D eigenvalue weighted by Gasteiger charge is 2.31. The molecule has 0 saturated heterocycles. The molecule has 5 N–H and O–H groups in total. The molecule has 0 saturated carbocycles. The molecule has 7 nitrogen and oxygen atoms in total. The van der Waals surface area contributed by atoms with E-state index in [1.165, 1.54) is 17.0 Å². The van der Waals surface area contributed by atoms with Crippen LogP contribution in [0.2, 0.25) is 0 Å². The second kappa shape index (κ2) is 11.7. The number of hydrogen-bond acceptors (Lipinski definition) is 5. The molecule has 0 aromatic heterocycles. The lowest BCUT2D eigenvalue weighted by Crippen LogP contribution is -2.53. The molecule has 2 unspecified atom stereocenters. The second-order valence-corrected chi connectivity index (χ2v) is 8.74. The van der Waals surface area contributed by atoms with Gasteiger partial charge in [-0.05, 0) is 48.6 Å². The molecule has 0 radical (unpaired) electrons. The molecule has 2 rings (SSSR count). The number of nitrogens with zero attached hydrogens (tertiary/aromatic N) is 1. The quantitative estimate of drug-likeness (QED) is 0.178. The van der Waals surface area contributed by atoms with Crippen molar-refractivity contribution in [1.82, 2.24) is 15.6 Å². The number of hydrogen-bond donors (Lipinski definition) is 4. The zero-order chi connectivity index (χ0) is 24.6. The molecule has 0 aliphatic carbocycles. The Hall–Kier alpha value is -3.10. The SMILES string of the molecule is CCC(NC(=O)c1cc(F)cc(CN(C=N)C(=O)CC(C)(NN)C(C)C)c1)c1ccccc1. The lowest BCUT2D eigenvalue weighted by atomic mass is 9.85. The van der Waals surface area contributed by atoms with E-state index in [0.29, 0.717) is 12.0 Å². The van der Waals surface area contributed by atoms with Crippen LogP contribution in [0.25, 0.3) is 0 Å². The summed E-state index contributed by atoms with van der Waals surface area (Å²) in [7, 11) is 0. The van der Waals surface area contributed by atoms with Gasteiger partial charge in [0.2, 0.25) is 5.91 Å². The first-order valence-corrected chi connectivity index (χ1v) is 11.1. The average Bonchev–Trinajstić information content (AvgIpc) is 2.80. The van der Waals surface area contributed by atoms with Crippen molar-refractivity contribution in [2.75, 3.05) is 0 Å². The lowest BCUT2D eigenvalue weighted by Gasteiger charge is -2.33. The van der Waals surface area contributed by atoms with Crippen LogP contribution in [-0.2, 0) is 11.3 Å². The van der Waals surface area contributed by atoms with Crippen molar-refractivity contribution in [2.24, 2.45) is 11.8 Å². The Morgan fingerprint density at radius 3 is 2.42 bits per heavy atom. The summed E-state index contributed by atoms with van der Waals surface area (Å²) in [6, 6.07) is 13.3. The van der Waals surface area contributed by atoms with Gasteiger partial charge in [-0.25, -0.2) is 4.39 Å². The van der Waals surface area contributed by atoms with Crippen LogP contribution < -0.4 is 16.6 Å². The van der Waals surface area contributed by atoms with E-state index < -0.39 is 17.3 Å². The van der Waals surface area contributed by atoms with E-state index in [4.69, 9.17) is 11.3 Å². The van der Waals surface area contributed by atoms with Gasteiger partial charge in [-0.3, -0.25) is 31.2 Å². The van der Waals surface area contributed by atoms with Crippen molar-refractivity contribution < 1.29 is 14.0 Å². The zero-order valence-electron chi connectivity index (χ0n) is 19.7. The minimum absolute atomic E-state index is 0.0327. The fourth-order valence-corrected chi connectivity index (χ4v) is 3.46. The molecule has 2 atom stereocenters. The van der Waals surface area contributed by atoms with Crippen LogP contribution in [0.5, 0.6) is 0 Å². The van der Waals surface area contributed by atoms with E-state index in [0.717, 1.165) is 11.9 Å². The smallest absolute Gasteiger partial charge is 0.251 e. The van der Waals surface area contributed by atoms with E-state index in [-0.39, 0.29) is 36.4 Å². The van der Waals surface area contributed by atoms with Gasteiger partial charge in [0.25, 0.3) is 5.91 Å². The Balaban J connectivity index is 2.18. The van der Waals surface area contributed by atoms with Gasteiger partial charge in [-0.15, -0.1) is 0 Å². The van der Waals surface area contributed by atoms with Crippen molar-refractivity contribution in [3.63, 3.8) is 0 Å².